The van der Waals surface area contributed by atoms with E-state index in [4.69, 9.17) is 49.2 Å². The quantitative estimate of drug-likeness (QED) is 0.0372. The molecule has 1 aromatic heterocycles. The van der Waals surface area contributed by atoms with Gasteiger partial charge in [-0.2, -0.15) is 0 Å². The predicted octanol–water partition coefficient (Wildman–Crippen LogP) is -0.413. The normalized spacial score (nSPS) is 32.5. The molecular formula is C41H44ClO21+. The third-order valence-corrected chi connectivity index (χ3v) is 10.7. The third kappa shape index (κ3) is 10.2. The molecular weight excluding hydrogens is 864 g/mol. The summed E-state index contributed by atoms with van der Waals surface area (Å²) in [6.07, 6.45) is -22.4. The number of phenolic OH excluding ortho intramolecular Hbond substituents is 4. The molecule has 3 saturated heterocycles. The number of benzene rings is 3. The lowest BCUT2D eigenvalue weighted by Crippen LogP contribution is -2.64. The molecule has 3 aliphatic heterocycles. The van der Waals surface area contributed by atoms with Crippen LogP contribution in [0.1, 0.15) is 5.56 Å². The summed E-state index contributed by atoms with van der Waals surface area (Å²) in [5.41, 5.74) is 0.599. The van der Waals surface area contributed by atoms with Crippen LogP contribution in [0.4, 0.5) is 0 Å². The number of aliphatic hydroxyl groups excluding tert-OH is 8. The molecule has 22 heteroatoms. The molecule has 3 aromatic carbocycles. The highest BCUT2D eigenvalue weighted by molar-refractivity contribution is 6.30. The zero-order chi connectivity index (χ0) is 45.3. The largest absolute Gasteiger partial charge is 0.507 e. The average molecular weight is 908 g/mol. The van der Waals surface area contributed by atoms with E-state index < -0.39 is 129 Å². The molecule has 12 N–H and O–H groups in total. The van der Waals surface area contributed by atoms with Crippen molar-refractivity contribution in [3.8, 4) is 40.1 Å². The molecule has 0 radical (unpaired) electrons. The van der Waals surface area contributed by atoms with Gasteiger partial charge in [-0.05, 0) is 35.9 Å². The molecule has 63 heavy (non-hydrogen) atoms. The second-order valence-electron chi connectivity index (χ2n) is 14.9. The van der Waals surface area contributed by atoms with Gasteiger partial charge in [0.1, 0.15) is 84.5 Å². The van der Waals surface area contributed by atoms with Gasteiger partial charge in [-0.15, -0.1) is 0 Å². The van der Waals surface area contributed by atoms with Gasteiger partial charge in [-0.25, -0.2) is 9.21 Å². The van der Waals surface area contributed by atoms with Gasteiger partial charge >= 0.3 is 17.3 Å². The van der Waals surface area contributed by atoms with Crippen LogP contribution in [0.5, 0.6) is 28.7 Å². The summed E-state index contributed by atoms with van der Waals surface area (Å²) in [5.74, 6) is -3.32. The van der Waals surface area contributed by atoms with Crippen LogP contribution < -0.4 is 4.74 Å². The molecule has 0 aliphatic carbocycles. The number of hydrogen-bond donors (Lipinski definition) is 12. The molecule has 0 bridgehead atoms. The van der Waals surface area contributed by atoms with E-state index >= 15 is 0 Å². The fraction of sp³-hybridized carbons (Fsp3) is 0.415. The Balaban J connectivity index is 1.13. The molecule has 340 valence electrons. The Morgan fingerprint density at radius 3 is 2.13 bits per heavy atom. The first-order valence-electron chi connectivity index (χ1n) is 19.3. The van der Waals surface area contributed by atoms with Crippen LogP contribution in [-0.4, -0.2) is 173 Å². The Morgan fingerprint density at radius 2 is 1.40 bits per heavy atom. The molecule has 14 atom stereocenters. The molecule has 3 fully saturated rings. The van der Waals surface area contributed by atoms with E-state index in [0.717, 1.165) is 30.3 Å². The van der Waals surface area contributed by atoms with Crippen LogP contribution in [0.2, 0.25) is 5.02 Å². The minimum Gasteiger partial charge on any atom is -0.507 e. The standard InChI is InChI=1S/C41H43ClO21/c42-18-5-1-16(2-6-18)3-8-29(48)56-14-27-31(50)33(52)36(55)39(61-27)58-15-28-32(51)34(53)38(63-40-35(54)30(49)24(47)13-57-40)41(62-28)60-26-12-20-22(45)10-19(43)11-25(20)59-37(26)17-4-7-21(44)23(46)9-17/h1-12,24,27-28,30-36,38-41,47,49-55H,13-15H2,(H3-,43,44,45,46)/p+1/b8-3+/t24-,27-,28-,30+,31-,32+,33+,34+,35-,36-,38-,39-,40+,41-/m1/s1. The van der Waals surface area contributed by atoms with E-state index in [-0.39, 0.29) is 33.8 Å². The van der Waals surface area contributed by atoms with Crippen LogP contribution in [0.25, 0.3) is 28.4 Å². The lowest BCUT2D eigenvalue weighted by atomic mass is 9.98. The van der Waals surface area contributed by atoms with Crippen molar-refractivity contribution in [1.29, 1.82) is 0 Å². The summed E-state index contributed by atoms with van der Waals surface area (Å²) in [4.78, 5) is 12.4. The molecule has 7 rings (SSSR count). The van der Waals surface area contributed by atoms with Crippen LogP contribution in [-0.2, 0) is 33.2 Å². The molecule has 4 heterocycles. The fourth-order valence-electron chi connectivity index (χ4n) is 6.93. The molecule has 0 saturated carbocycles. The number of esters is 1. The van der Waals surface area contributed by atoms with Gasteiger partial charge in [-0.1, -0.05) is 23.7 Å². The monoisotopic (exact) mass is 907 g/mol. The summed E-state index contributed by atoms with van der Waals surface area (Å²) in [6.45, 7) is -1.88. The van der Waals surface area contributed by atoms with Gasteiger partial charge in [0.15, 0.2) is 30.2 Å². The van der Waals surface area contributed by atoms with E-state index in [1.54, 1.807) is 24.3 Å². The van der Waals surface area contributed by atoms with E-state index in [0.29, 0.717) is 10.6 Å². The summed E-state index contributed by atoms with van der Waals surface area (Å²) >= 11 is 5.88. The highest BCUT2D eigenvalue weighted by atomic mass is 35.5. The van der Waals surface area contributed by atoms with E-state index in [9.17, 15) is 66.1 Å². The SMILES string of the molecule is O=C(/C=C/c1ccc(Cl)cc1)OC[C@H]1O[C@@H](OC[C@H]2O[C@@H](Oc3cc4c(O)cc(O)cc4[o+]c3-c3ccc(O)c(O)c3)[C@H](O[C@@H]3OC[C@@H](O)[C@H](O)[C@H]3O)[C@@H](O)[C@H]2O)[C@H](O)[C@@H](O)[C@@H]1O. The number of halogens is 1. The number of fused-ring (bicyclic) bond motifs is 1. The third-order valence-electron chi connectivity index (χ3n) is 10.5. The maximum atomic E-state index is 12.4. The van der Waals surface area contributed by atoms with E-state index in [2.05, 4.69) is 0 Å². The number of phenols is 4. The Hall–Kier alpha value is -4.95. The molecule has 21 nitrogen and oxygen atoms in total. The van der Waals surface area contributed by atoms with Crippen molar-refractivity contribution in [2.75, 3.05) is 19.8 Å². The average Bonchev–Trinajstić information content (AvgIpc) is 3.25. The topological polar surface area (TPSA) is 336 Å². The van der Waals surface area contributed by atoms with Crippen LogP contribution >= 0.6 is 11.6 Å². The number of ether oxygens (including phenoxy) is 7. The zero-order valence-corrected chi connectivity index (χ0v) is 33.3. The lowest BCUT2D eigenvalue weighted by molar-refractivity contribution is -0.353. The highest BCUT2D eigenvalue weighted by Gasteiger charge is 2.52. The van der Waals surface area contributed by atoms with Gasteiger partial charge in [-0.3, -0.25) is 0 Å². The summed E-state index contributed by atoms with van der Waals surface area (Å²) in [6, 6.07) is 13.4. The van der Waals surface area contributed by atoms with Crippen molar-refractivity contribution < 1.29 is 104 Å². The van der Waals surface area contributed by atoms with Crippen molar-refractivity contribution in [2.24, 2.45) is 0 Å². The number of hydrogen-bond acceptors (Lipinski definition) is 20. The van der Waals surface area contributed by atoms with Crippen molar-refractivity contribution in [1.82, 2.24) is 0 Å². The first-order chi connectivity index (χ1) is 30.0. The minimum atomic E-state index is -2.02. The van der Waals surface area contributed by atoms with Crippen LogP contribution in [0.15, 0.2) is 71.2 Å². The molecule has 0 amide bonds. The maximum absolute atomic E-state index is 12.4. The summed E-state index contributed by atoms with van der Waals surface area (Å²) < 4.78 is 46.0. The first-order valence-corrected chi connectivity index (χ1v) is 19.6. The van der Waals surface area contributed by atoms with Gasteiger partial charge < -0.3 is 94.4 Å². The Morgan fingerprint density at radius 1 is 0.714 bits per heavy atom. The Labute approximate surface area is 360 Å². The smallest absolute Gasteiger partial charge is 0.402 e. The van der Waals surface area contributed by atoms with Gasteiger partial charge in [0.25, 0.3) is 0 Å². The number of aliphatic hydroxyl groups is 8. The summed E-state index contributed by atoms with van der Waals surface area (Å²) in [7, 11) is 0. The van der Waals surface area contributed by atoms with E-state index in [1.807, 2.05) is 0 Å². The number of rotatable bonds is 12. The van der Waals surface area contributed by atoms with Crippen molar-refractivity contribution >= 4 is 34.6 Å². The summed E-state index contributed by atoms with van der Waals surface area (Å²) in [5, 5.41) is 128. The predicted molar refractivity (Wildman–Crippen MR) is 211 cm³/mol. The van der Waals surface area contributed by atoms with E-state index in [1.165, 1.54) is 18.2 Å². The maximum Gasteiger partial charge on any atom is 0.402 e. The molecule has 0 unspecified atom stereocenters. The zero-order valence-electron chi connectivity index (χ0n) is 32.6. The number of carbonyl (C=O) groups is 1. The Kier molecular flexibility index (Phi) is 14.2. The molecule has 4 aromatic rings. The lowest BCUT2D eigenvalue weighted by Gasteiger charge is -2.45. The fourth-order valence-corrected chi connectivity index (χ4v) is 7.06. The van der Waals surface area contributed by atoms with Gasteiger partial charge in [0.2, 0.25) is 12.0 Å². The molecule has 3 aliphatic rings. The van der Waals surface area contributed by atoms with Crippen molar-refractivity contribution in [3.05, 3.63) is 77.3 Å². The highest BCUT2D eigenvalue weighted by Crippen LogP contribution is 2.43. The molecule has 0 spiro atoms. The number of carbonyl (C=O) groups excluding carboxylic acids is 1. The van der Waals surface area contributed by atoms with Gasteiger partial charge in [0.05, 0.1) is 24.8 Å². The van der Waals surface area contributed by atoms with Crippen LogP contribution in [0.3, 0.4) is 0 Å². The van der Waals surface area contributed by atoms with Crippen molar-refractivity contribution in [2.45, 2.75) is 86.0 Å². The van der Waals surface area contributed by atoms with Crippen LogP contribution in [0, 0.1) is 0 Å². The first kappa shape index (κ1) is 46.1. The van der Waals surface area contributed by atoms with Gasteiger partial charge in [0, 0.05) is 29.3 Å². The van der Waals surface area contributed by atoms with Crippen molar-refractivity contribution in [3.63, 3.8) is 0 Å². The Bertz CT molecular complexity index is 2260. The minimum absolute atomic E-state index is 0.0339. The second kappa shape index (κ2) is 19.4. The second-order valence-corrected chi connectivity index (χ2v) is 15.3. The number of aromatic hydroxyl groups is 4.